The van der Waals surface area contributed by atoms with Crippen LogP contribution >= 0.6 is 0 Å². The molecule has 2 unspecified atom stereocenters. The van der Waals surface area contributed by atoms with Crippen LogP contribution in [0.15, 0.2) is 0 Å². The standard InChI is InChI=1S/C14H22N2O4/c1-2-5-14(13(19)20)6-7-16(9-14)12(18)10-3-4-11(17)15-8-10/h10H,2-9H2,1H3,(H,15,17)(H,19,20). The summed E-state index contributed by atoms with van der Waals surface area (Å²) in [5.74, 6) is -1.02. The van der Waals surface area contributed by atoms with E-state index in [-0.39, 0.29) is 17.7 Å². The van der Waals surface area contributed by atoms with Crippen LogP contribution in [0.1, 0.15) is 39.0 Å². The second kappa shape index (κ2) is 5.81. The second-order valence-corrected chi connectivity index (χ2v) is 5.88. The van der Waals surface area contributed by atoms with Gasteiger partial charge in [-0.1, -0.05) is 13.3 Å². The number of aliphatic carboxylic acids is 1. The molecular weight excluding hydrogens is 260 g/mol. The summed E-state index contributed by atoms with van der Waals surface area (Å²) >= 11 is 0. The Hall–Kier alpha value is -1.59. The Bertz CT molecular complexity index is 413. The number of carboxylic acid groups (broad SMARTS) is 1. The molecule has 2 fully saturated rings. The number of nitrogens with one attached hydrogen (secondary N) is 1. The molecule has 2 aliphatic heterocycles. The molecule has 0 aliphatic carbocycles. The minimum absolute atomic E-state index is 0.00997. The van der Waals surface area contributed by atoms with Gasteiger partial charge in [-0.3, -0.25) is 14.4 Å². The summed E-state index contributed by atoms with van der Waals surface area (Å²) in [5.41, 5.74) is -0.775. The van der Waals surface area contributed by atoms with Crippen LogP contribution in [0.5, 0.6) is 0 Å². The summed E-state index contributed by atoms with van der Waals surface area (Å²) in [4.78, 5) is 36.7. The smallest absolute Gasteiger partial charge is 0.311 e. The van der Waals surface area contributed by atoms with Gasteiger partial charge in [0.2, 0.25) is 11.8 Å². The molecule has 0 bridgehead atoms. The number of amides is 2. The Morgan fingerprint density at radius 2 is 2.25 bits per heavy atom. The molecule has 2 heterocycles. The molecule has 0 spiro atoms. The molecule has 2 saturated heterocycles. The molecule has 0 radical (unpaired) electrons. The van der Waals surface area contributed by atoms with Gasteiger partial charge < -0.3 is 15.3 Å². The average Bonchev–Trinajstić information content (AvgIpc) is 2.85. The van der Waals surface area contributed by atoms with Crippen molar-refractivity contribution >= 4 is 17.8 Å². The number of nitrogens with zero attached hydrogens (tertiary/aromatic N) is 1. The molecule has 112 valence electrons. The zero-order valence-corrected chi connectivity index (χ0v) is 11.9. The van der Waals surface area contributed by atoms with Crippen molar-refractivity contribution < 1.29 is 19.5 Å². The van der Waals surface area contributed by atoms with Crippen molar-refractivity contribution in [1.82, 2.24) is 10.2 Å². The molecule has 0 saturated carbocycles. The number of carboxylic acids is 1. The third-order valence-corrected chi connectivity index (χ3v) is 4.46. The highest BCUT2D eigenvalue weighted by Crippen LogP contribution is 2.36. The van der Waals surface area contributed by atoms with Crippen LogP contribution in [0, 0.1) is 11.3 Å². The predicted octanol–water partition coefficient (Wildman–Crippen LogP) is 0.616. The maximum Gasteiger partial charge on any atom is 0.311 e. The van der Waals surface area contributed by atoms with Gasteiger partial charge in [0.05, 0.1) is 11.3 Å². The Balaban J connectivity index is 1.99. The van der Waals surface area contributed by atoms with Crippen molar-refractivity contribution in [2.45, 2.75) is 39.0 Å². The van der Waals surface area contributed by atoms with E-state index in [4.69, 9.17) is 0 Å². The fourth-order valence-corrected chi connectivity index (χ4v) is 3.23. The number of piperidine rings is 1. The molecule has 2 atom stereocenters. The maximum absolute atomic E-state index is 12.4. The van der Waals surface area contributed by atoms with Gasteiger partial charge in [0, 0.05) is 26.1 Å². The van der Waals surface area contributed by atoms with Gasteiger partial charge >= 0.3 is 5.97 Å². The quantitative estimate of drug-likeness (QED) is 0.791. The van der Waals surface area contributed by atoms with Crippen LogP contribution in [0.4, 0.5) is 0 Å². The lowest BCUT2D eigenvalue weighted by Crippen LogP contribution is -2.45. The molecule has 20 heavy (non-hydrogen) atoms. The zero-order valence-electron chi connectivity index (χ0n) is 11.9. The lowest BCUT2D eigenvalue weighted by molar-refractivity contribution is -0.149. The van der Waals surface area contributed by atoms with Crippen molar-refractivity contribution in [3.05, 3.63) is 0 Å². The van der Waals surface area contributed by atoms with Crippen LogP contribution in [0.25, 0.3) is 0 Å². The van der Waals surface area contributed by atoms with Crippen molar-refractivity contribution in [3.8, 4) is 0 Å². The summed E-state index contributed by atoms with van der Waals surface area (Å²) in [6.45, 7) is 3.16. The average molecular weight is 282 g/mol. The van der Waals surface area contributed by atoms with E-state index in [1.807, 2.05) is 6.92 Å². The third kappa shape index (κ3) is 2.78. The summed E-state index contributed by atoms with van der Waals surface area (Å²) < 4.78 is 0. The van der Waals surface area contributed by atoms with E-state index in [1.54, 1.807) is 4.90 Å². The first-order chi connectivity index (χ1) is 9.48. The molecule has 0 aromatic heterocycles. The highest BCUT2D eigenvalue weighted by molar-refractivity contribution is 5.85. The molecule has 2 rings (SSSR count). The number of likely N-dealkylation sites (tertiary alicyclic amines) is 1. The van der Waals surface area contributed by atoms with Crippen LogP contribution in [-0.2, 0) is 14.4 Å². The number of hydrogen-bond acceptors (Lipinski definition) is 3. The first-order valence-electron chi connectivity index (χ1n) is 7.27. The monoisotopic (exact) mass is 282 g/mol. The SMILES string of the molecule is CCCC1(C(=O)O)CCN(C(=O)C2CCC(=O)NC2)C1. The van der Waals surface area contributed by atoms with Crippen molar-refractivity contribution in [3.63, 3.8) is 0 Å². The summed E-state index contributed by atoms with van der Waals surface area (Å²) in [7, 11) is 0. The normalized spacial score (nSPS) is 30.1. The molecule has 2 N–H and O–H groups in total. The predicted molar refractivity (Wildman–Crippen MR) is 71.9 cm³/mol. The number of carbonyl (C=O) groups is 3. The van der Waals surface area contributed by atoms with Gasteiger partial charge in [0.1, 0.15) is 0 Å². The summed E-state index contributed by atoms with van der Waals surface area (Å²) in [5, 5.41) is 12.1. The Kier molecular flexibility index (Phi) is 4.30. The highest BCUT2D eigenvalue weighted by Gasteiger charge is 2.46. The fraction of sp³-hybridized carbons (Fsp3) is 0.786. The van der Waals surface area contributed by atoms with Crippen LogP contribution in [-0.4, -0.2) is 47.4 Å². The first kappa shape index (κ1) is 14.8. The zero-order chi connectivity index (χ0) is 14.8. The van der Waals surface area contributed by atoms with Gasteiger partial charge in [-0.2, -0.15) is 0 Å². The lowest BCUT2D eigenvalue weighted by Gasteiger charge is -2.28. The van der Waals surface area contributed by atoms with Gasteiger partial charge in [-0.05, 0) is 19.3 Å². The van der Waals surface area contributed by atoms with Crippen LogP contribution in [0.2, 0.25) is 0 Å². The van der Waals surface area contributed by atoms with Gasteiger partial charge in [-0.15, -0.1) is 0 Å². The van der Waals surface area contributed by atoms with Crippen molar-refractivity contribution in [2.24, 2.45) is 11.3 Å². The molecule has 2 amide bonds. The number of rotatable bonds is 4. The molecule has 6 nitrogen and oxygen atoms in total. The lowest BCUT2D eigenvalue weighted by atomic mass is 9.82. The fourth-order valence-electron chi connectivity index (χ4n) is 3.23. The largest absolute Gasteiger partial charge is 0.481 e. The molecule has 2 aliphatic rings. The Morgan fingerprint density at radius 3 is 2.80 bits per heavy atom. The number of hydrogen-bond donors (Lipinski definition) is 2. The summed E-state index contributed by atoms with van der Waals surface area (Å²) in [6, 6.07) is 0. The van der Waals surface area contributed by atoms with E-state index < -0.39 is 11.4 Å². The van der Waals surface area contributed by atoms with Gasteiger partial charge in [-0.25, -0.2) is 0 Å². The van der Waals surface area contributed by atoms with E-state index in [2.05, 4.69) is 5.32 Å². The highest BCUT2D eigenvalue weighted by atomic mass is 16.4. The Labute approximate surface area is 118 Å². The molecule has 0 aromatic rings. The minimum Gasteiger partial charge on any atom is -0.481 e. The van der Waals surface area contributed by atoms with Crippen LogP contribution < -0.4 is 5.32 Å². The summed E-state index contributed by atoms with van der Waals surface area (Å²) in [6.07, 6.45) is 2.88. The topological polar surface area (TPSA) is 86.7 Å². The molecule has 6 heteroatoms. The van der Waals surface area contributed by atoms with Gasteiger partial charge in [0.25, 0.3) is 0 Å². The van der Waals surface area contributed by atoms with E-state index in [9.17, 15) is 19.5 Å². The molecular formula is C14H22N2O4. The van der Waals surface area contributed by atoms with E-state index in [1.165, 1.54) is 0 Å². The molecule has 0 aromatic carbocycles. The van der Waals surface area contributed by atoms with Crippen LogP contribution in [0.3, 0.4) is 0 Å². The van der Waals surface area contributed by atoms with Gasteiger partial charge in [0.15, 0.2) is 0 Å². The van der Waals surface area contributed by atoms with E-state index in [0.29, 0.717) is 45.3 Å². The first-order valence-corrected chi connectivity index (χ1v) is 7.27. The van der Waals surface area contributed by atoms with E-state index >= 15 is 0 Å². The maximum atomic E-state index is 12.4. The minimum atomic E-state index is -0.799. The third-order valence-electron chi connectivity index (χ3n) is 4.46. The number of carbonyl (C=O) groups excluding carboxylic acids is 2. The van der Waals surface area contributed by atoms with Crippen molar-refractivity contribution in [1.29, 1.82) is 0 Å². The second-order valence-electron chi connectivity index (χ2n) is 5.88. The van der Waals surface area contributed by atoms with E-state index in [0.717, 1.165) is 6.42 Å². The Morgan fingerprint density at radius 1 is 1.50 bits per heavy atom. The van der Waals surface area contributed by atoms with Crippen molar-refractivity contribution in [2.75, 3.05) is 19.6 Å².